The van der Waals surface area contributed by atoms with Crippen LogP contribution in [0.4, 0.5) is 10.1 Å². The molecule has 3 rings (SSSR count). The fourth-order valence-corrected chi connectivity index (χ4v) is 2.39. The zero-order valence-corrected chi connectivity index (χ0v) is 12.8. The first-order valence-electron chi connectivity index (χ1n) is 6.37. The smallest absolute Gasteiger partial charge is 0.254 e. The van der Waals surface area contributed by atoms with Crippen LogP contribution in [-0.4, -0.2) is 5.91 Å². The molecule has 0 saturated heterocycles. The first-order chi connectivity index (χ1) is 10.5. The maximum Gasteiger partial charge on any atom is 0.254 e. The summed E-state index contributed by atoms with van der Waals surface area (Å²) in [5.41, 5.74) is 6.03. The van der Waals surface area contributed by atoms with Crippen LogP contribution >= 0.6 is 15.9 Å². The Morgan fingerprint density at radius 1 is 1.18 bits per heavy atom. The number of para-hydroxylation sites is 1. The van der Waals surface area contributed by atoms with Crippen molar-refractivity contribution >= 4 is 38.5 Å². The highest BCUT2D eigenvalue weighted by atomic mass is 79.9. The van der Waals surface area contributed by atoms with Crippen LogP contribution in [0.3, 0.4) is 0 Å². The molecule has 0 aliphatic heterocycles. The molecule has 1 amide bonds. The Hall–Kier alpha value is -2.47. The summed E-state index contributed by atoms with van der Waals surface area (Å²) in [4.78, 5) is 15.7. The summed E-state index contributed by atoms with van der Waals surface area (Å²) in [6.07, 6.45) is 0. The molecule has 22 heavy (non-hydrogen) atoms. The SMILES string of the molecule is NC(=O)c1cc2cc(Br)ccc2oc1=Nc1ccccc1F. The number of nitrogens with two attached hydrogens (primary N) is 1. The van der Waals surface area contributed by atoms with Gasteiger partial charge in [0.1, 0.15) is 22.7 Å². The molecule has 4 nitrogen and oxygen atoms in total. The predicted molar refractivity (Wildman–Crippen MR) is 84.1 cm³/mol. The molecule has 0 unspecified atom stereocenters. The number of benzene rings is 2. The van der Waals surface area contributed by atoms with E-state index in [1.54, 1.807) is 36.4 Å². The van der Waals surface area contributed by atoms with Gasteiger partial charge in [-0.15, -0.1) is 0 Å². The van der Waals surface area contributed by atoms with Crippen LogP contribution in [0.15, 0.2) is 62.4 Å². The molecule has 1 aromatic heterocycles. The molecule has 0 atom stereocenters. The largest absolute Gasteiger partial charge is 0.438 e. The highest BCUT2D eigenvalue weighted by Crippen LogP contribution is 2.20. The van der Waals surface area contributed by atoms with Gasteiger partial charge in [-0.2, -0.15) is 0 Å². The van der Waals surface area contributed by atoms with Crippen LogP contribution in [0.5, 0.6) is 0 Å². The Kier molecular flexibility index (Phi) is 3.77. The van der Waals surface area contributed by atoms with E-state index in [4.69, 9.17) is 10.2 Å². The molecule has 2 N–H and O–H groups in total. The van der Waals surface area contributed by atoms with E-state index < -0.39 is 11.7 Å². The standard InChI is InChI=1S/C16H10BrFN2O2/c17-10-5-6-14-9(7-10)8-11(15(19)21)16(22-14)20-13-4-2-1-3-12(13)18/h1-8H,(H2,19,21). The van der Waals surface area contributed by atoms with Crippen LogP contribution in [0.25, 0.3) is 11.0 Å². The molecule has 3 aromatic rings. The second kappa shape index (κ2) is 5.73. The number of hydrogen-bond acceptors (Lipinski definition) is 3. The summed E-state index contributed by atoms with van der Waals surface area (Å²) >= 11 is 3.34. The van der Waals surface area contributed by atoms with Crippen molar-refractivity contribution in [2.75, 3.05) is 0 Å². The van der Waals surface area contributed by atoms with Crippen molar-refractivity contribution in [3.05, 3.63) is 69.9 Å². The number of rotatable bonds is 2. The van der Waals surface area contributed by atoms with Crippen molar-refractivity contribution in [2.24, 2.45) is 10.7 Å². The monoisotopic (exact) mass is 360 g/mol. The molecule has 0 aliphatic rings. The van der Waals surface area contributed by atoms with Crippen molar-refractivity contribution in [3.63, 3.8) is 0 Å². The molecule has 0 spiro atoms. The van der Waals surface area contributed by atoms with Gasteiger partial charge in [-0.3, -0.25) is 4.79 Å². The number of nitrogens with zero attached hydrogens (tertiary/aromatic N) is 1. The van der Waals surface area contributed by atoms with E-state index in [0.29, 0.717) is 11.0 Å². The van der Waals surface area contributed by atoms with Gasteiger partial charge in [-0.1, -0.05) is 28.1 Å². The molecule has 0 aliphatic carbocycles. The van der Waals surface area contributed by atoms with E-state index in [1.165, 1.54) is 12.1 Å². The van der Waals surface area contributed by atoms with Gasteiger partial charge in [-0.25, -0.2) is 9.38 Å². The molecule has 6 heteroatoms. The van der Waals surface area contributed by atoms with Gasteiger partial charge < -0.3 is 10.2 Å². The van der Waals surface area contributed by atoms with Crippen LogP contribution in [0.1, 0.15) is 10.4 Å². The minimum Gasteiger partial charge on any atom is -0.438 e. The molecule has 110 valence electrons. The minimum atomic E-state index is -0.694. The van der Waals surface area contributed by atoms with Crippen molar-refractivity contribution in [3.8, 4) is 0 Å². The van der Waals surface area contributed by atoms with E-state index in [2.05, 4.69) is 20.9 Å². The average Bonchev–Trinajstić information content (AvgIpc) is 2.49. The number of carbonyl (C=O) groups excluding carboxylic acids is 1. The molecule has 0 saturated carbocycles. The molecular formula is C16H10BrFN2O2. The van der Waals surface area contributed by atoms with E-state index >= 15 is 0 Å². The Balaban J connectivity index is 2.32. The number of carbonyl (C=O) groups is 1. The van der Waals surface area contributed by atoms with Crippen molar-refractivity contribution in [2.45, 2.75) is 0 Å². The van der Waals surface area contributed by atoms with E-state index in [0.717, 1.165) is 4.47 Å². The zero-order chi connectivity index (χ0) is 15.7. The highest BCUT2D eigenvalue weighted by Gasteiger charge is 2.10. The van der Waals surface area contributed by atoms with Crippen molar-refractivity contribution in [1.29, 1.82) is 0 Å². The lowest BCUT2D eigenvalue weighted by molar-refractivity contribution is 0.0996. The second-order valence-electron chi connectivity index (χ2n) is 4.57. The maximum atomic E-state index is 13.7. The van der Waals surface area contributed by atoms with Crippen molar-refractivity contribution < 1.29 is 13.6 Å². The summed E-state index contributed by atoms with van der Waals surface area (Å²) in [7, 11) is 0. The van der Waals surface area contributed by atoms with Crippen LogP contribution in [-0.2, 0) is 0 Å². The average molecular weight is 361 g/mol. The van der Waals surface area contributed by atoms with E-state index in [-0.39, 0.29) is 16.8 Å². The Morgan fingerprint density at radius 3 is 2.68 bits per heavy atom. The number of amides is 1. The summed E-state index contributed by atoms with van der Waals surface area (Å²) < 4.78 is 20.2. The highest BCUT2D eigenvalue weighted by molar-refractivity contribution is 9.10. The topological polar surface area (TPSA) is 68.6 Å². The van der Waals surface area contributed by atoms with E-state index in [9.17, 15) is 9.18 Å². The number of primary amides is 1. The fourth-order valence-electron chi connectivity index (χ4n) is 2.01. The summed E-state index contributed by atoms with van der Waals surface area (Å²) in [5.74, 6) is -1.20. The predicted octanol–water partition coefficient (Wildman–Crippen LogP) is 3.67. The van der Waals surface area contributed by atoms with Gasteiger partial charge in [0.2, 0.25) is 5.55 Å². The Morgan fingerprint density at radius 2 is 1.95 bits per heavy atom. The maximum absolute atomic E-state index is 13.7. The van der Waals surface area contributed by atoms with Gasteiger partial charge in [-0.05, 0) is 36.4 Å². The minimum absolute atomic E-state index is 0.0209. The number of hydrogen-bond donors (Lipinski definition) is 1. The van der Waals surface area contributed by atoms with Gasteiger partial charge in [0.25, 0.3) is 5.91 Å². The van der Waals surface area contributed by atoms with Gasteiger partial charge in [0, 0.05) is 9.86 Å². The molecule has 0 bridgehead atoms. The molecule has 0 radical (unpaired) electrons. The molecule has 2 aromatic carbocycles. The third-order valence-corrected chi connectivity index (χ3v) is 3.54. The Bertz CT molecular complexity index is 950. The fraction of sp³-hybridized carbons (Fsp3) is 0. The van der Waals surface area contributed by atoms with Gasteiger partial charge in [0.15, 0.2) is 0 Å². The third kappa shape index (κ3) is 2.78. The quantitative estimate of drug-likeness (QED) is 0.757. The lowest BCUT2D eigenvalue weighted by Crippen LogP contribution is -2.21. The second-order valence-corrected chi connectivity index (χ2v) is 5.49. The van der Waals surface area contributed by atoms with E-state index in [1.807, 2.05) is 0 Å². The summed E-state index contributed by atoms with van der Waals surface area (Å²) in [6, 6.07) is 12.8. The van der Waals surface area contributed by atoms with Crippen LogP contribution in [0, 0.1) is 5.82 Å². The van der Waals surface area contributed by atoms with Gasteiger partial charge in [0.05, 0.1) is 0 Å². The first-order valence-corrected chi connectivity index (χ1v) is 7.16. The lowest BCUT2D eigenvalue weighted by Gasteiger charge is -2.03. The normalized spacial score (nSPS) is 11.8. The van der Waals surface area contributed by atoms with Crippen molar-refractivity contribution in [1.82, 2.24) is 0 Å². The molecular weight excluding hydrogens is 351 g/mol. The summed E-state index contributed by atoms with van der Waals surface area (Å²) in [6.45, 7) is 0. The van der Waals surface area contributed by atoms with Crippen LogP contribution < -0.4 is 11.3 Å². The van der Waals surface area contributed by atoms with Crippen LogP contribution in [0.2, 0.25) is 0 Å². The molecule has 1 heterocycles. The van der Waals surface area contributed by atoms with Gasteiger partial charge >= 0.3 is 0 Å². The Labute approximate surface area is 133 Å². The molecule has 0 fully saturated rings. The summed E-state index contributed by atoms with van der Waals surface area (Å²) in [5, 5.41) is 0.690. The third-order valence-electron chi connectivity index (χ3n) is 3.05. The number of halogens is 2. The first kappa shape index (κ1) is 14.5. The zero-order valence-electron chi connectivity index (χ0n) is 11.2. The number of fused-ring (bicyclic) bond motifs is 1. The lowest BCUT2D eigenvalue weighted by atomic mass is 10.2.